The highest BCUT2D eigenvalue weighted by molar-refractivity contribution is 7.13. The second-order valence-corrected chi connectivity index (χ2v) is 8.64. The Bertz CT molecular complexity index is 1570. The summed E-state index contributed by atoms with van der Waals surface area (Å²) < 4.78 is 11.0. The van der Waals surface area contributed by atoms with Gasteiger partial charge in [-0.2, -0.15) is 0 Å². The van der Waals surface area contributed by atoms with Gasteiger partial charge >= 0.3 is 5.97 Å². The first-order chi connectivity index (χ1) is 17.1. The second kappa shape index (κ2) is 9.90. The molecular formula is C27H21N3O4S. The van der Waals surface area contributed by atoms with Crippen LogP contribution in [0.4, 0.5) is 0 Å². The molecule has 0 aliphatic rings. The third kappa shape index (κ3) is 4.83. The zero-order valence-electron chi connectivity index (χ0n) is 18.9. The van der Waals surface area contributed by atoms with E-state index in [1.54, 1.807) is 37.4 Å². The molecule has 5 rings (SSSR count). The van der Waals surface area contributed by atoms with Crippen LogP contribution in [0, 0.1) is 0 Å². The van der Waals surface area contributed by atoms with E-state index in [0.717, 1.165) is 16.3 Å². The van der Waals surface area contributed by atoms with E-state index in [-0.39, 0.29) is 12.2 Å². The number of carbonyl (C=O) groups is 1. The molecule has 0 amide bonds. The van der Waals surface area contributed by atoms with E-state index in [1.807, 2.05) is 47.8 Å². The molecule has 0 spiro atoms. The van der Waals surface area contributed by atoms with Crippen molar-refractivity contribution in [2.75, 3.05) is 7.11 Å². The average Bonchev–Trinajstić information content (AvgIpc) is 3.36. The Labute approximate surface area is 205 Å². The van der Waals surface area contributed by atoms with Crippen LogP contribution < -0.4 is 10.3 Å². The molecule has 0 unspecified atom stereocenters. The Balaban J connectivity index is 1.32. The lowest BCUT2D eigenvalue weighted by molar-refractivity contribution is 0.0467. The van der Waals surface area contributed by atoms with Crippen molar-refractivity contribution in [1.29, 1.82) is 0 Å². The predicted octanol–water partition coefficient (Wildman–Crippen LogP) is 5.00. The van der Waals surface area contributed by atoms with E-state index in [2.05, 4.69) is 15.0 Å². The normalized spacial score (nSPS) is 10.9. The maximum atomic E-state index is 12.9. The lowest BCUT2D eigenvalue weighted by Crippen LogP contribution is -2.14. The third-order valence-corrected chi connectivity index (χ3v) is 6.42. The first-order valence-corrected chi connectivity index (χ1v) is 11.8. The number of ether oxygens (including phenoxy) is 2. The Hall–Kier alpha value is -4.30. The van der Waals surface area contributed by atoms with Crippen molar-refractivity contribution < 1.29 is 14.3 Å². The molecule has 7 nitrogen and oxygen atoms in total. The van der Waals surface area contributed by atoms with Crippen LogP contribution in [-0.2, 0) is 17.8 Å². The van der Waals surface area contributed by atoms with Gasteiger partial charge in [-0.15, -0.1) is 11.3 Å². The molecule has 0 radical (unpaired) electrons. The van der Waals surface area contributed by atoms with Crippen molar-refractivity contribution in [3.63, 3.8) is 0 Å². The van der Waals surface area contributed by atoms with Crippen LogP contribution in [-0.4, -0.2) is 28.0 Å². The number of nitrogens with zero attached hydrogens (tertiary/aromatic N) is 2. The molecule has 0 saturated carbocycles. The minimum atomic E-state index is -0.462. The predicted molar refractivity (Wildman–Crippen MR) is 135 cm³/mol. The fourth-order valence-electron chi connectivity index (χ4n) is 3.81. The van der Waals surface area contributed by atoms with Gasteiger partial charge in [0, 0.05) is 11.8 Å². The van der Waals surface area contributed by atoms with Gasteiger partial charge in [-0.3, -0.25) is 4.79 Å². The highest BCUT2D eigenvalue weighted by Crippen LogP contribution is 2.32. The van der Waals surface area contributed by atoms with Gasteiger partial charge in [0.25, 0.3) is 5.56 Å². The van der Waals surface area contributed by atoms with Gasteiger partial charge < -0.3 is 14.5 Å². The zero-order chi connectivity index (χ0) is 24.2. The number of para-hydroxylation sites is 2. The van der Waals surface area contributed by atoms with Crippen molar-refractivity contribution in [3.8, 4) is 16.3 Å². The monoisotopic (exact) mass is 483 g/mol. The number of thiazole rings is 1. The molecule has 0 saturated heterocycles. The Morgan fingerprint density at radius 2 is 1.74 bits per heavy atom. The summed E-state index contributed by atoms with van der Waals surface area (Å²) in [5, 5.41) is 3.19. The number of esters is 1. The molecule has 0 aliphatic heterocycles. The molecule has 5 aromatic rings. The van der Waals surface area contributed by atoms with Crippen LogP contribution in [0.1, 0.15) is 27.4 Å². The summed E-state index contributed by atoms with van der Waals surface area (Å²) in [6, 6.07) is 22.0. The number of rotatable bonds is 7. The Morgan fingerprint density at radius 1 is 0.971 bits per heavy atom. The number of aromatic amines is 1. The second-order valence-electron chi connectivity index (χ2n) is 7.78. The molecule has 174 valence electrons. The lowest BCUT2D eigenvalue weighted by atomic mass is 10.0. The Morgan fingerprint density at radius 3 is 2.63 bits per heavy atom. The van der Waals surface area contributed by atoms with E-state index in [9.17, 15) is 9.59 Å². The van der Waals surface area contributed by atoms with E-state index in [1.165, 1.54) is 11.3 Å². The maximum absolute atomic E-state index is 12.9. The van der Waals surface area contributed by atoms with Gasteiger partial charge in [-0.1, -0.05) is 42.5 Å². The standard InChI is InChI=1S/C27H21N3O4S/c1-33-23-13-7-5-11-21(23)26-28-18(16-35-26)15-34-27(32)19-9-3-2-8-17(19)14-24-29-22-12-6-4-10-20(22)25(31)30-24/h2-13,16H,14-15H2,1H3,(H,29,30,31). The molecule has 2 heterocycles. The molecular weight excluding hydrogens is 462 g/mol. The molecule has 0 aliphatic carbocycles. The molecule has 8 heteroatoms. The number of nitrogens with one attached hydrogen (secondary N) is 1. The minimum Gasteiger partial charge on any atom is -0.496 e. The van der Waals surface area contributed by atoms with Gasteiger partial charge in [0.15, 0.2) is 0 Å². The summed E-state index contributed by atoms with van der Waals surface area (Å²) in [4.78, 5) is 37.3. The van der Waals surface area contributed by atoms with Crippen molar-refractivity contribution in [3.05, 3.63) is 111 Å². The highest BCUT2D eigenvalue weighted by Gasteiger charge is 2.16. The largest absolute Gasteiger partial charge is 0.496 e. The molecule has 0 fully saturated rings. The van der Waals surface area contributed by atoms with Gasteiger partial charge in [-0.25, -0.2) is 14.8 Å². The van der Waals surface area contributed by atoms with Gasteiger partial charge in [-0.05, 0) is 35.9 Å². The van der Waals surface area contributed by atoms with E-state index < -0.39 is 5.97 Å². The van der Waals surface area contributed by atoms with Crippen LogP contribution in [0.5, 0.6) is 5.75 Å². The molecule has 3 aromatic carbocycles. The molecule has 1 N–H and O–H groups in total. The van der Waals surface area contributed by atoms with E-state index in [4.69, 9.17) is 9.47 Å². The average molecular weight is 484 g/mol. The van der Waals surface area contributed by atoms with Crippen molar-refractivity contribution in [2.24, 2.45) is 0 Å². The molecule has 0 atom stereocenters. The lowest BCUT2D eigenvalue weighted by Gasteiger charge is -2.09. The smallest absolute Gasteiger partial charge is 0.338 e. The highest BCUT2D eigenvalue weighted by atomic mass is 32.1. The summed E-state index contributed by atoms with van der Waals surface area (Å²) in [5.74, 6) is 0.755. The SMILES string of the molecule is COc1ccccc1-c1nc(COC(=O)c2ccccc2Cc2nc3ccccc3c(=O)[nH]2)cs1. The first-order valence-electron chi connectivity index (χ1n) is 10.9. The summed E-state index contributed by atoms with van der Waals surface area (Å²) in [6.45, 7) is 0.0455. The molecule has 2 aromatic heterocycles. The van der Waals surface area contributed by atoms with E-state index in [0.29, 0.717) is 40.0 Å². The number of fused-ring (bicyclic) bond motifs is 1. The van der Waals surface area contributed by atoms with Gasteiger partial charge in [0.2, 0.25) is 0 Å². The minimum absolute atomic E-state index is 0.0455. The maximum Gasteiger partial charge on any atom is 0.338 e. The number of hydrogen-bond acceptors (Lipinski definition) is 7. The Kier molecular flexibility index (Phi) is 6.36. The van der Waals surface area contributed by atoms with Gasteiger partial charge in [0.1, 0.15) is 23.2 Å². The summed E-state index contributed by atoms with van der Waals surface area (Å²) >= 11 is 1.46. The van der Waals surface area contributed by atoms with Crippen LogP contribution in [0.25, 0.3) is 21.5 Å². The van der Waals surface area contributed by atoms with Crippen molar-refractivity contribution in [1.82, 2.24) is 15.0 Å². The summed E-state index contributed by atoms with van der Waals surface area (Å²) in [7, 11) is 1.62. The number of methoxy groups -OCH3 is 1. The summed E-state index contributed by atoms with van der Waals surface area (Å²) in [6.07, 6.45) is 0.292. The third-order valence-electron chi connectivity index (χ3n) is 5.50. The number of H-pyrrole nitrogens is 1. The van der Waals surface area contributed by atoms with E-state index >= 15 is 0 Å². The number of aromatic nitrogens is 3. The summed E-state index contributed by atoms with van der Waals surface area (Å²) in [5.41, 5.74) is 3.08. The van der Waals surface area contributed by atoms with Crippen molar-refractivity contribution in [2.45, 2.75) is 13.0 Å². The molecule has 35 heavy (non-hydrogen) atoms. The van der Waals surface area contributed by atoms with Gasteiger partial charge in [0.05, 0.1) is 34.8 Å². The van der Waals surface area contributed by atoms with Crippen LogP contribution in [0.15, 0.2) is 83.0 Å². The van der Waals surface area contributed by atoms with Crippen LogP contribution >= 0.6 is 11.3 Å². The van der Waals surface area contributed by atoms with Crippen molar-refractivity contribution >= 4 is 28.2 Å². The first kappa shape index (κ1) is 22.5. The number of carbonyl (C=O) groups excluding carboxylic acids is 1. The molecule has 0 bridgehead atoms. The number of benzene rings is 3. The van der Waals surface area contributed by atoms with Crippen LogP contribution in [0.2, 0.25) is 0 Å². The zero-order valence-corrected chi connectivity index (χ0v) is 19.7. The number of hydrogen-bond donors (Lipinski definition) is 1. The fourth-order valence-corrected chi connectivity index (χ4v) is 4.64. The topological polar surface area (TPSA) is 94.2 Å². The fraction of sp³-hybridized carbons (Fsp3) is 0.111. The quantitative estimate of drug-likeness (QED) is 0.327. The van der Waals surface area contributed by atoms with Crippen LogP contribution in [0.3, 0.4) is 0 Å².